The normalized spacial score (nSPS) is 32.1. The van der Waals surface area contributed by atoms with Crippen LogP contribution in [0, 0.1) is 11.3 Å². The number of rotatable bonds is 3. The molecule has 1 saturated heterocycles. The smallest absolute Gasteiger partial charge is 0.0167 e. The first-order valence-corrected chi connectivity index (χ1v) is 6.08. The van der Waals surface area contributed by atoms with Gasteiger partial charge in [0.25, 0.3) is 0 Å². The van der Waals surface area contributed by atoms with E-state index in [-0.39, 0.29) is 0 Å². The molecule has 0 bridgehead atoms. The van der Waals surface area contributed by atoms with Gasteiger partial charge in [0, 0.05) is 32.2 Å². The highest BCUT2D eigenvalue weighted by molar-refractivity contribution is 4.98. The minimum absolute atomic E-state index is 0.687. The maximum Gasteiger partial charge on any atom is 0.0167 e. The summed E-state index contributed by atoms with van der Waals surface area (Å²) in [5.41, 5.74) is 0.692. The van der Waals surface area contributed by atoms with Crippen molar-refractivity contribution in [3.05, 3.63) is 0 Å². The Balaban J connectivity index is 1.85. The molecule has 0 amide bonds. The van der Waals surface area contributed by atoms with Gasteiger partial charge in [-0.3, -0.25) is 4.90 Å². The summed E-state index contributed by atoms with van der Waals surface area (Å²) < 4.78 is 0. The van der Waals surface area contributed by atoms with Crippen molar-refractivity contribution in [1.29, 1.82) is 0 Å². The molecule has 2 heteroatoms. The molecule has 2 rings (SSSR count). The van der Waals surface area contributed by atoms with Gasteiger partial charge >= 0.3 is 0 Å². The number of nitrogens with zero attached hydrogens (tertiary/aromatic N) is 1. The van der Waals surface area contributed by atoms with Crippen LogP contribution >= 0.6 is 0 Å². The zero-order valence-electron chi connectivity index (χ0n) is 9.84. The Bertz CT molecular complexity index is 196. The van der Waals surface area contributed by atoms with Gasteiger partial charge < -0.3 is 5.32 Å². The molecule has 2 fully saturated rings. The number of hydrogen-bond acceptors (Lipinski definition) is 2. The molecule has 1 N–H and O–H groups in total. The Morgan fingerprint density at radius 1 is 1.43 bits per heavy atom. The van der Waals surface area contributed by atoms with Gasteiger partial charge in [-0.15, -0.1) is 0 Å². The second-order valence-electron chi connectivity index (χ2n) is 5.61. The molecule has 14 heavy (non-hydrogen) atoms. The molecule has 1 aliphatic carbocycles. The molecule has 1 heterocycles. The van der Waals surface area contributed by atoms with E-state index in [1.54, 1.807) is 0 Å². The highest BCUT2D eigenvalue weighted by Crippen LogP contribution is 2.52. The fraction of sp³-hybridized carbons (Fsp3) is 1.00. The fourth-order valence-electron chi connectivity index (χ4n) is 2.68. The van der Waals surface area contributed by atoms with Crippen LogP contribution in [-0.4, -0.2) is 37.1 Å². The summed E-state index contributed by atoms with van der Waals surface area (Å²) in [6.45, 7) is 12.1. The van der Waals surface area contributed by atoms with Gasteiger partial charge in [0.15, 0.2) is 0 Å². The lowest BCUT2D eigenvalue weighted by atomic mass is 9.91. The van der Waals surface area contributed by atoms with E-state index in [9.17, 15) is 0 Å². The lowest BCUT2D eigenvalue weighted by molar-refractivity contribution is 0.149. The predicted octanol–water partition coefficient (Wildman–Crippen LogP) is 1.72. The van der Waals surface area contributed by atoms with E-state index in [0.29, 0.717) is 11.5 Å². The molecule has 82 valence electrons. The van der Waals surface area contributed by atoms with Gasteiger partial charge in [0.05, 0.1) is 0 Å². The molecule has 0 aromatic carbocycles. The average molecular weight is 196 g/mol. The van der Waals surface area contributed by atoms with Crippen LogP contribution in [0.5, 0.6) is 0 Å². The van der Waals surface area contributed by atoms with Crippen LogP contribution < -0.4 is 5.32 Å². The summed E-state index contributed by atoms with van der Waals surface area (Å²) >= 11 is 0. The van der Waals surface area contributed by atoms with Gasteiger partial charge in [-0.25, -0.2) is 0 Å². The van der Waals surface area contributed by atoms with Crippen molar-refractivity contribution in [2.75, 3.05) is 26.2 Å². The average Bonchev–Trinajstić information content (AvgIpc) is 2.85. The van der Waals surface area contributed by atoms with E-state index >= 15 is 0 Å². The summed E-state index contributed by atoms with van der Waals surface area (Å²) in [6, 6.07) is 0.687. The van der Waals surface area contributed by atoms with Crippen LogP contribution in [-0.2, 0) is 0 Å². The Hall–Kier alpha value is -0.0800. The van der Waals surface area contributed by atoms with Crippen molar-refractivity contribution < 1.29 is 0 Å². The monoisotopic (exact) mass is 196 g/mol. The third-order valence-electron chi connectivity index (χ3n) is 4.11. The van der Waals surface area contributed by atoms with Gasteiger partial charge in [-0.1, -0.05) is 13.8 Å². The molecule has 0 aromatic heterocycles. The lowest BCUT2D eigenvalue weighted by Gasteiger charge is -2.35. The van der Waals surface area contributed by atoms with Crippen LogP contribution in [0.4, 0.5) is 0 Å². The molecule has 2 nitrogen and oxygen atoms in total. The molecule has 1 saturated carbocycles. The summed E-state index contributed by atoms with van der Waals surface area (Å²) in [4.78, 5) is 2.66. The lowest BCUT2D eigenvalue weighted by Crippen LogP contribution is -2.51. The third-order valence-corrected chi connectivity index (χ3v) is 4.11. The Labute approximate surface area is 88.1 Å². The topological polar surface area (TPSA) is 15.3 Å². The minimum Gasteiger partial charge on any atom is -0.312 e. The SMILES string of the molecule is CC1CN(CC2(C(C)C)CC2)CCN1. The van der Waals surface area contributed by atoms with E-state index in [4.69, 9.17) is 0 Å². The van der Waals surface area contributed by atoms with Crippen LogP contribution in [0.25, 0.3) is 0 Å². The largest absolute Gasteiger partial charge is 0.312 e. The second kappa shape index (κ2) is 3.82. The molecule has 0 spiro atoms. The van der Waals surface area contributed by atoms with Crippen molar-refractivity contribution in [3.8, 4) is 0 Å². The molecular weight excluding hydrogens is 172 g/mol. The van der Waals surface area contributed by atoms with E-state index < -0.39 is 0 Å². The highest BCUT2D eigenvalue weighted by atomic mass is 15.2. The highest BCUT2D eigenvalue weighted by Gasteiger charge is 2.46. The minimum atomic E-state index is 0.687. The Kier molecular flexibility index (Phi) is 2.85. The van der Waals surface area contributed by atoms with Crippen molar-refractivity contribution in [2.24, 2.45) is 11.3 Å². The molecular formula is C12H24N2. The molecule has 1 aliphatic heterocycles. The van der Waals surface area contributed by atoms with E-state index in [1.807, 2.05) is 0 Å². The molecule has 0 radical (unpaired) electrons. The predicted molar refractivity (Wildman–Crippen MR) is 60.4 cm³/mol. The Morgan fingerprint density at radius 2 is 2.14 bits per heavy atom. The van der Waals surface area contributed by atoms with E-state index in [0.717, 1.165) is 5.92 Å². The first-order valence-electron chi connectivity index (χ1n) is 6.08. The fourth-order valence-corrected chi connectivity index (χ4v) is 2.68. The Morgan fingerprint density at radius 3 is 2.64 bits per heavy atom. The number of piperazine rings is 1. The van der Waals surface area contributed by atoms with Gasteiger partial charge in [-0.2, -0.15) is 0 Å². The van der Waals surface area contributed by atoms with Gasteiger partial charge in [-0.05, 0) is 31.1 Å². The van der Waals surface area contributed by atoms with E-state index in [2.05, 4.69) is 31.0 Å². The number of nitrogens with one attached hydrogen (secondary N) is 1. The molecule has 1 atom stereocenters. The standard InChI is InChI=1S/C12H24N2/c1-10(2)12(4-5-12)9-14-7-6-13-11(3)8-14/h10-11,13H,4-9H2,1-3H3. The van der Waals surface area contributed by atoms with Crippen LogP contribution in [0.15, 0.2) is 0 Å². The summed E-state index contributed by atoms with van der Waals surface area (Å²) in [5, 5.41) is 3.51. The second-order valence-corrected chi connectivity index (χ2v) is 5.61. The van der Waals surface area contributed by atoms with Crippen molar-refractivity contribution >= 4 is 0 Å². The third kappa shape index (κ3) is 2.12. The van der Waals surface area contributed by atoms with Crippen LogP contribution in [0.1, 0.15) is 33.6 Å². The summed E-state index contributed by atoms with van der Waals surface area (Å²) in [5.74, 6) is 0.868. The van der Waals surface area contributed by atoms with Crippen molar-refractivity contribution in [3.63, 3.8) is 0 Å². The maximum atomic E-state index is 3.51. The van der Waals surface area contributed by atoms with E-state index in [1.165, 1.54) is 39.0 Å². The summed E-state index contributed by atoms with van der Waals surface area (Å²) in [6.07, 6.45) is 2.92. The van der Waals surface area contributed by atoms with Crippen LogP contribution in [0.3, 0.4) is 0 Å². The molecule has 1 unspecified atom stereocenters. The maximum absolute atomic E-state index is 3.51. The quantitative estimate of drug-likeness (QED) is 0.739. The molecule has 2 aliphatic rings. The zero-order chi connectivity index (χ0) is 10.2. The zero-order valence-corrected chi connectivity index (χ0v) is 9.84. The summed E-state index contributed by atoms with van der Waals surface area (Å²) in [7, 11) is 0. The van der Waals surface area contributed by atoms with Crippen molar-refractivity contribution in [1.82, 2.24) is 10.2 Å². The first-order chi connectivity index (χ1) is 6.62. The first kappa shape index (κ1) is 10.4. The number of hydrogen-bond donors (Lipinski definition) is 1. The van der Waals surface area contributed by atoms with Crippen LogP contribution in [0.2, 0.25) is 0 Å². The molecule has 0 aromatic rings. The van der Waals surface area contributed by atoms with Gasteiger partial charge in [0.1, 0.15) is 0 Å². The van der Waals surface area contributed by atoms with Crippen molar-refractivity contribution in [2.45, 2.75) is 39.7 Å². The van der Waals surface area contributed by atoms with Gasteiger partial charge in [0.2, 0.25) is 0 Å².